The van der Waals surface area contributed by atoms with E-state index in [4.69, 9.17) is 9.15 Å². The Labute approximate surface area is 112 Å². The van der Waals surface area contributed by atoms with Crippen LogP contribution in [0.1, 0.15) is 5.89 Å². The molecule has 4 nitrogen and oxygen atoms in total. The van der Waals surface area contributed by atoms with E-state index in [1.165, 1.54) is 0 Å². The molecule has 17 heavy (non-hydrogen) atoms. The van der Waals surface area contributed by atoms with Crippen LogP contribution >= 0.6 is 27.3 Å². The molecule has 1 N–H and O–H groups in total. The van der Waals surface area contributed by atoms with Gasteiger partial charge in [-0.25, -0.2) is 4.98 Å². The van der Waals surface area contributed by atoms with Crippen LogP contribution in [0.4, 0.5) is 0 Å². The van der Waals surface area contributed by atoms with E-state index >= 15 is 0 Å². The van der Waals surface area contributed by atoms with Crippen LogP contribution in [0.3, 0.4) is 0 Å². The normalized spacial score (nSPS) is 10.9. The molecule has 0 radical (unpaired) electrons. The first-order valence-electron chi connectivity index (χ1n) is 5.18. The van der Waals surface area contributed by atoms with E-state index in [1.54, 1.807) is 24.6 Å². The Hall–Kier alpha value is -0.690. The summed E-state index contributed by atoms with van der Waals surface area (Å²) < 4.78 is 11.7. The van der Waals surface area contributed by atoms with E-state index in [0.717, 1.165) is 21.7 Å². The largest absolute Gasteiger partial charge is 0.439 e. The van der Waals surface area contributed by atoms with Crippen molar-refractivity contribution in [3.8, 4) is 11.3 Å². The van der Waals surface area contributed by atoms with Gasteiger partial charge in [-0.3, -0.25) is 0 Å². The molecule has 0 saturated heterocycles. The molecule has 2 aromatic rings. The number of aromatic nitrogens is 1. The molecule has 0 aliphatic carbocycles. The summed E-state index contributed by atoms with van der Waals surface area (Å²) in [5.41, 5.74) is 1.05. The molecule has 0 atom stereocenters. The van der Waals surface area contributed by atoms with Gasteiger partial charge in [0, 0.05) is 24.6 Å². The minimum atomic E-state index is 0.620. The van der Waals surface area contributed by atoms with Gasteiger partial charge in [-0.2, -0.15) is 0 Å². The molecule has 0 fully saturated rings. The van der Waals surface area contributed by atoms with E-state index < -0.39 is 0 Å². The van der Waals surface area contributed by atoms with Crippen LogP contribution in [0.15, 0.2) is 25.8 Å². The van der Waals surface area contributed by atoms with Crippen LogP contribution in [0.25, 0.3) is 11.3 Å². The number of oxazole rings is 1. The number of ether oxygens (including phenoxy) is 1. The van der Waals surface area contributed by atoms with Gasteiger partial charge in [0.2, 0.25) is 5.89 Å². The van der Waals surface area contributed by atoms with E-state index in [9.17, 15) is 0 Å². The van der Waals surface area contributed by atoms with E-state index in [2.05, 4.69) is 26.2 Å². The minimum absolute atomic E-state index is 0.620. The molecular weight excluding hydrogens is 304 g/mol. The highest BCUT2D eigenvalue weighted by molar-refractivity contribution is 9.11. The topological polar surface area (TPSA) is 47.3 Å². The zero-order valence-electron chi connectivity index (χ0n) is 9.40. The number of methoxy groups -OCH3 is 1. The molecule has 2 rings (SSSR count). The van der Waals surface area contributed by atoms with Crippen molar-refractivity contribution in [3.05, 3.63) is 27.3 Å². The van der Waals surface area contributed by atoms with Gasteiger partial charge in [0.25, 0.3) is 0 Å². The van der Waals surface area contributed by atoms with Crippen LogP contribution in [0.5, 0.6) is 0 Å². The molecule has 6 heteroatoms. The quantitative estimate of drug-likeness (QED) is 0.832. The SMILES string of the molecule is COCCNCc1ncc(-c2csc(Br)c2)o1. The summed E-state index contributed by atoms with van der Waals surface area (Å²) in [6.07, 6.45) is 1.75. The fraction of sp³-hybridized carbons (Fsp3) is 0.364. The highest BCUT2D eigenvalue weighted by Gasteiger charge is 2.07. The number of hydrogen-bond donors (Lipinski definition) is 1. The van der Waals surface area contributed by atoms with Crippen molar-refractivity contribution in [3.63, 3.8) is 0 Å². The Bertz CT molecular complexity index is 469. The lowest BCUT2D eigenvalue weighted by Gasteiger charge is -1.99. The lowest BCUT2D eigenvalue weighted by atomic mass is 10.3. The van der Waals surface area contributed by atoms with Crippen molar-refractivity contribution in [2.24, 2.45) is 0 Å². The average molecular weight is 317 g/mol. The predicted octanol–water partition coefficient (Wildman–Crippen LogP) is 2.90. The molecule has 0 saturated carbocycles. The van der Waals surface area contributed by atoms with Gasteiger partial charge in [-0.1, -0.05) is 0 Å². The first kappa shape index (κ1) is 12.8. The Kier molecular flexibility index (Phi) is 4.73. The smallest absolute Gasteiger partial charge is 0.208 e. The van der Waals surface area contributed by atoms with Crippen LogP contribution < -0.4 is 5.32 Å². The van der Waals surface area contributed by atoms with E-state index in [1.807, 2.05) is 11.4 Å². The lowest BCUT2D eigenvalue weighted by molar-refractivity contribution is 0.198. The molecule has 92 valence electrons. The number of hydrogen-bond acceptors (Lipinski definition) is 5. The molecule has 2 aromatic heterocycles. The van der Waals surface area contributed by atoms with Gasteiger partial charge in [-0.05, 0) is 22.0 Å². The second-order valence-electron chi connectivity index (χ2n) is 3.43. The van der Waals surface area contributed by atoms with Crippen molar-refractivity contribution in [1.29, 1.82) is 0 Å². The summed E-state index contributed by atoms with van der Waals surface area (Å²) >= 11 is 5.06. The average Bonchev–Trinajstić information content (AvgIpc) is 2.93. The summed E-state index contributed by atoms with van der Waals surface area (Å²) in [7, 11) is 1.68. The second-order valence-corrected chi connectivity index (χ2v) is 5.72. The molecule has 0 bridgehead atoms. The zero-order valence-corrected chi connectivity index (χ0v) is 11.8. The number of halogens is 1. The van der Waals surface area contributed by atoms with Crippen molar-refractivity contribution in [1.82, 2.24) is 10.3 Å². The van der Waals surface area contributed by atoms with Crippen LogP contribution in [0.2, 0.25) is 0 Å². The molecule has 2 heterocycles. The molecular formula is C11H13BrN2O2S. The highest BCUT2D eigenvalue weighted by atomic mass is 79.9. The van der Waals surface area contributed by atoms with Crippen molar-refractivity contribution in [2.45, 2.75) is 6.54 Å². The van der Waals surface area contributed by atoms with Crippen molar-refractivity contribution in [2.75, 3.05) is 20.3 Å². The molecule has 0 aliphatic heterocycles. The number of nitrogens with zero attached hydrogens (tertiary/aromatic N) is 1. The molecule has 0 aliphatic rings. The third-order valence-electron chi connectivity index (χ3n) is 2.16. The summed E-state index contributed by atoms with van der Waals surface area (Å²) in [6, 6.07) is 2.02. The van der Waals surface area contributed by atoms with Crippen LogP contribution in [0, 0.1) is 0 Å². The summed E-state index contributed by atoms with van der Waals surface area (Å²) in [6.45, 7) is 2.10. The fourth-order valence-corrected chi connectivity index (χ4v) is 2.48. The Morgan fingerprint density at radius 1 is 1.59 bits per heavy atom. The van der Waals surface area contributed by atoms with Crippen molar-refractivity contribution < 1.29 is 9.15 Å². The summed E-state index contributed by atoms with van der Waals surface area (Å²) in [4.78, 5) is 4.22. The second kappa shape index (κ2) is 6.30. The minimum Gasteiger partial charge on any atom is -0.439 e. The maximum atomic E-state index is 5.63. The first-order valence-corrected chi connectivity index (χ1v) is 6.85. The Morgan fingerprint density at radius 3 is 3.18 bits per heavy atom. The van der Waals surface area contributed by atoms with Gasteiger partial charge < -0.3 is 14.5 Å². The van der Waals surface area contributed by atoms with Crippen LogP contribution in [-0.2, 0) is 11.3 Å². The van der Waals surface area contributed by atoms with E-state index in [0.29, 0.717) is 19.0 Å². The number of thiophene rings is 1. The Balaban J connectivity index is 1.92. The van der Waals surface area contributed by atoms with Gasteiger partial charge in [-0.15, -0.1) is 11.3 Å². The third-order valence-corrected chi connectivity index (χ3v) is 3.67. The summed E-state index contributed by atoms with van der Waals surface area (Å²) in [5, 5.41) is 5.22. The maximum Gasteiger partial charge on any atom is 0.208 e. The monoisotopic (exact) mass is 316 g/mol. The first-order chi connectivity index (χ1) is 8.29. The standard InChI is InChI=1S/C11H13BrN2O2S/c1-15-3-2-13-6-11-14-5-9(16-11)8-4-10(12)17-7-8/h4-5,7,13H,2-3,6H2,1H3. The number of rotatable bonds is 6. The lowest BCUT2D eigenvalue weighted by Crippen LogP contribution is -2.18. The van der Waals surface area contributed by atoms with Gasteiger partial charge >= 0.3 is 0 Å². The van der Waals surface area contributed by atoms with Crippen molar-refractivity contribution >= 4 is 27.3 Å². The third kappa shape index (κ3) is 3.64. The van der Waals surface area contributed by atoms with Gasteiger partial charge in [0.15, 0.2) is 5.76 Å². The van der Waals surface area contributed by atoms with Gasteiger partial charge in [0.1, 0.15) is 0 Å². The molecule has 0 spiro atoms. The summed E-state index contributed by atoms with van der Waals surface area (Å²) in [5.74, 6) is 1.49. The Morgan fingerprint density at radius 2 is 2.47 bits per heavy atom. The van der Waals surface area contributed by atoms with Crippen LogP contribution in [-0.4, -0.2) is 25.2 Å². The molecule has 0 unspecified atom stereocenters. The predicted molar refractivity (Wildman–Crippen MR) is 71.1 cm³/mol. The van der Waals surface area contributed by atoms with E-state index in [-0.39, 0.29) is 0 Å². The zero-order chi connectivity index (χ0) is 12.1. The molecule has 0 amide bonds. The van der Waals surface area contributed by atoms with Gasteiger partial charge in [0.05, 0.1) is 23.1 Å². The fourth-order valence-electron chi connectivity index (χ4n) is 1.33. The molecule has 0 aromatic carbocycles. The maximum absolute atomic E-state index is 5.63. The highest BCUT2D eigenvalue weighted by Crippen LogP contribution is 2.29. The number of nitrogens with one attached hydrogen (secondary N) is 1.